The Morgan fingerprint density at radius 1 is 1.27 bits per heavy atom. The summed E-state index contributed by atoms with van der Waals surface area (Å²) in [6.45, 7) is 7.07. The van der Waals surface area contributed by atoms with E-state index in [1.807, 2.05) is 0 Å². The Labute approximate surface area is 153 Å². The second-order valence-corrected chi connectivity index (χ2v) is 6.48. The fourth-order valence-electron chi connectivity index (χ4n) is 2.13. The normalized spacial score (nSPS) is 12.2. The Kier molecular flexibility index (Phi) is 8.18. The Hall–Kier alpha value is -2.48. The van der Waals surface area contributed by atoms with Gasteiger partial charge in [-0.05, 0) is 39.8 Å². The number of nitrogens with one attached hydrogen (secondary N) is 1. The van der Waals surface area contributed by atoms with Crippen molar-refractivity contribution in [2.24, 2.45) is 0 Å². The largest absolute Gasteiger partial charge is 0.508 e. The van der Waals surface area contributed by atoms with Gasteiger partial charge in [0.1, 0.15) is 17.1 Å². The summed E-state index contributed by atoms with van der Waals surface area (Å²) >= 11 is 0. The van der Waals surface area contributed by atoms with Crippen molar-refractivity contribution in [3.8, 4) is 11.5 Å². The Balaban J connectivity index is 3.10. The molecule has 146 valence electrons. The van der Waals surface area contributed by atoms with Gasteiger partial charge in [0.15, 0.2) is 6.79 Å². The Morgan fingerprint density at radius 2 is 1.96 bits per heavy atom. The van der Waals surface area contributed by atoms with Gasteiger partial charge in [0, 0.05) is 18.7 Å². The summed E-state index contributed by atoms with van der Waals surface area (Å²) in [6, 6.07) is 3.60. The number of carbonyl (C=O) groups excluding carboxylic acids is 2. The highest BCUT2D eigenvalue weighted by Gasteiger charge is 2.25. The number of esters is 1. The molecule has 8 heteroatoms. The quantitative estimate of drug-likeness (QED) is 0.536. The predicted octanol–water partition coefficient (Wildman–Crippen LogP) is 2.89. The van der Waals surface area contributed by atoms with E-state index in [9.17, 15) is 14.7 Å². The van der Waals surface area contributed by atoms with Crippen LogP contribution in [-0.4, -0.2) is 43.3 Å². The maximum absolute atomic E-state index is 12.2. The number of ether oxygens (including phenoxy) is 4. The van der Waals surface area contributed by atoms with Crippen LogP contribution in [0, 0.1) is 0 Å². The topological polar surface area (TPSA) is 103 Å². The molecule has 2 N–H and O–H groups in total. The van der Waals surface area contributed by atoms with Gasteiger partial charge in [-0.1, -0.05) is 0 Å². The number of amides is 1. The molecule has 0 unspecified atom stereocenters. The first-order valence-corrected chi connectivity index (χ1v) is 8.26. The fraction of sp³-hybridized carbons (Fsp3) is 0.556. The maximum atomic E-state index is 12.2. The first kappa shape index (κ1) is 21.6. The number of benzene rings is 1. The van der Waals surface area contributed by atoms with Crippen LogP contribution in [0.2, 0.25) is 0 Å². The van der Waals surface area contributed by atoms with E-state index in [0.29, 0.717) is 5.56 Å². The van der Waals surface area contributed by atoms with E-state index in [-0.39, 0.29) is 31.3 Å². The molecule has 0 fully saturated rings. The third kappa shape index (κ3) is 7.60. The lowest BCUT2D eigenvalue weighted by atomic mass is 10.0. The minimum Gasteiger partial charge on any atom is -0.508 e. The molecule has 1 aromatic rings. The average molecular weight is 369 g/mol. The molecule has 1 aromatic carbocycles. The number of hydrogen-bond acceptors (Lipinski definition) is 7. The highest BCUT2D eigenvalue weighted by Crippen LogP contribution is 2.31. The van der Waals surface area contributed by atoms with Gasteiger partial charge < -0.3 is 29.4 Å². The van der Waals surface area contributed by atoms with Gasteiger partial charge in [-0.15, -0.1) is 0 Å². The number of rotatable bonds is 8. The molecule has 1 amide bonds. The molecule has 0 spiro atoms. The molecule has 26 heavy (non-hydrogen) atoms. The third-order valence-corrected chi connectivity index (χ3v) is 3.07. The zero-order valence-corrected chi connectivity index (χ0v) is 15.8. The van der Waals surface area contributed by atoms with Gasteiger partial charge in [0.2, 0.25) is 0 Å². The van der Waals surface area contributed by atoms with E-state index in [4.69, 9.17) is 18.9 Å². The summed E-state index contributed by atoms with van der Waals surface area (Å²) in [4.78, 5) is 24.1. The van der Waals surface area contributed by atoms with Crippen molar-refractivity contribution in [1.29, 1.82) is 0 Å². The predicted molar refractivity (Wildman–Crippen MR) is 94.0 cm³/mol. The van der Waals surface area contributed by atoms with E-state index in [0.717, 1.165) is 0 Å². The summed E-state index contributed by atoms with van der Waals surface area (Å²) < 4.78 is 20.6. The highest BCUT2D eigenvalue weighted by atomic mass is 16.7. The average Bonchev–Trinajstić information content (AvgIpc) is 2.50. The van der Waals surface area contributed by atoms with Crippen molar-refractivity contribution in [3.63, 3.8) is 0 Å². The molecule has 1 atom stereocenters. The van der Waals surface area contributed by atoms with Crippen molar-refractivity contribution in [1.82, 2.24) is 5.32 Å². The van der Waals surface area contributed by atoms with Crippen LogP contribution in [0.15, 0.2) is 18.2 Å². The summed E-state index contributed by atoms with van der Waals surface area (Å²) in [5.41, 5.74) is -0.207. The minimum absolute atomic E-state index is 0.0213. The third-order valence-electron chi connectivity index (χ3n) is 3.07. The smallest absolute Gasteiger partial charge is 0.408 e. The van der Waals surface area contributed by atoms with E-state index < -0.39 is 23.7 Å². The van der Waals surface area contributed by atoms with E-state index in [1.54, 1.807) is 33.8 Å². The van der Waals surface area contributed by atoms with Crippen LogP contribution < -0.4 is 10.1 Å². The summed E-state index contributed by atoms with van der Waals surface area (Å²) in [5, 5.41) is 12.3. The van der Waals surface area contributed by atoms with Crippen LogP contribution in [-0.2, 0) is 19.0 Å². The molecule has 0 aliphatic rings. The van der Waals surface area contributed by atoms with Crippen molar-refractivity contribution in [2.45, 2.75) is 45.8 Å². The van der Waals surface area contributed by atoms with Crippen LogP contribution in [0.1, 0.15) is 45.7 Å². The van der Waals surface area contributed by atoms with Crippen LogP contribution >= 0.6 is 0 Å². The van der Waals surface area contributed by atoms with Crippen LogP contribution in [0.5, 0.6) is 11.5 Å². The molecule has 0 saturated heterocycles. The van der Waals surface area contributed by atoms with Crippen LogP contribution in [0.3, 0.4) is 0 Å². The minimum atomic E-state index is -0.767. The molecule has 0 radical (unpaired) electrons. The number of alkyl carbamates (subject to hydrolysis) is 1. The van der Waals surface area contributed by atoms with Gasteiger partial charge in [-0.25, -0.2) is 4.79 Å². The van der Waals surface area contributed by atoms with E-state index in [2.05, 4.69) is 5.32 Å². The Morgan fingerprint density at radius 3 is 2.54 bits per heavy atom. The number of phenols is 1. The van der Waals surface area contributed by atoms with E-state index >= 15 is 0 Å². The number of aromatic hydroxyl groups is 1. The SMILES string of the molecule is CCOC(=O)C[C@@H](NC(=O)OC(C)(C)C)c1ccc(O)cc1OCOC. The molecule has 8 nitrogen and oxygen atoms in total. The summed E-state index contributed by atoms with van der Waals surface area (Å²) in [7, 11) is 1.46. The van der Waals surface area contributed by atoms with Crippen molar-refractivity contribution >= 4 is 12.1 Å². The van der Waals surface area contributed by atoms with Gasteiger partial charge in [-0.3, -0.25) is 4.79 Å². The van der Waals surface area contributed by atoms with Gasteiger partial charge >= 0.3 is 12.1 Å². The molecule has 0 bridgehead atoms. The zero-order chi connectivity index (χ0) is 19.7. The van der Waals surface area contributed by atoms with Crippen molar-refractivity contribution in [3.05, 3.63) is 23.8 Å². The lowest BCUT2D eigenvalue weighted by molar-refractivity contribution is -0.143. The van der Waals surface area contributed by atoms with Crippen LogP contribution in [0.25, 0.3) is 0 Å². The van der Waals surface area contributed by atoms with E-state index in [1.165, 1.54) is 19.2 Å². The molecule has 0 aliphatic heterocycles. The molecular formula is C18H27NO7. The number of hydrogen-bond donors (Lipinski definition) is 2. The maximum Gasteiger partial charge on any atom is 0.408 e. The summed E-state index contributed by atoms with van der Waals surface area (Å²) in [5.74, 6) is -0.233. The van der Waals surface area contributed by atoms with Gasteiger partial charge in [-0.2, -0.15) is 0 Å². The summed E-state index contributed by atoms with van der Waals surface area (Å²) in [6.07, 6.45) is -0.807. The first-order valence-electron chi connectivity index (χ1n) is 8.26. The number of methoxy groups -OCH3 is 1. The lowest BCUT2D eigenvalue weighted by Gasteiger charge is -2.24. The molecule has 0 aromatic heterocycles. The fourth-order valence-corrected chi connectivity index (χ4v) is 2.13. The monoisotopic (exact) mass is 369 g/mol. The van der Waals surface area contributed by atoms with Crippen molar-refractivity contribution < 1.29 is 33.6 Å². The van der Waals surface area contributed by atoms with Crippen molar-refractivity contribution in [2.75, 3.05) is 20.5 Å². The second-order valence-electron chi connectivity index (χ2n) is 6.48. The molecule has 1 rings (SSSR count). The number of carbonyl (C=O) groups is 2. The Bertz CT molecular complexity index is 610. The number of phenolic OH excluding ortho intramolecular Hbond substituents is 1. The van der Waals surface area contributed by atoms with Gasteiger partial charge in [0.05, 0.1) is 19.1 Å². The van der Waals surface area contributed by atoms with Crippen LogP contribution in [0.4, 0.5) is 4.79 Å². The highest BCUT2D eigenvalue weighted by molar-refractivity contribution is 5.74. The molecule has 0 saturated carbocycles. The zero-order valence-electron chi connectivity index (χ0n) is 15.8. The second kappa shape index (κ2) is 9.86. The van der Waals surface area contributed by atoms with Gasteiger partial charge in [0.25, 0.3) is 0 Å². The standard InChI is InChI=1S/C18H27NO7/c1-6-24-16(21)10-14(19-17(22)26-18(2,3)4)13-8-7-12(20)9-15(13)25-11-23-5/h7-9,14,20H,6,10-11H2,1-5H3,(H,19,22)/t14-/m1/s1. The molecule has 0 aliphatic carbocycles. The lowest BCUT2D eigenvalue weighted by Crippen LogP contribution is -2.36. The molecule has 0 heterocycles. The first-order chi connectivity index (χ1) is 12.2. The molecular weight excluding hydrogens is 342 g/mol.